The number of nitrogens with one attached hydrogen (secondary N) is 1. The lowest BCUT2D eigenvalue weighted by Crippen LogP contribution is -2.37. The number of benzene rings is 1. The molecule has 2 aromatic rings. The summed E-state index contributed by atoms with van der Waals surface area (Å²) < 4.78 is 27.7. The van der Waals surface area contributed by atoms with E-state index in [0.29, 0.717) is 48.2 Å². The zero-order valence-electron chi connectivity index (χ0n) is 23.7. The lowest BCUT2D eigenvalue weighted by Gasteiger charge is -2.29. The quantitative estimate of drug-likeness (QED) is 0.428. The van der Waals surface area contributed by atoms with Crippen LogP contribution in [0, 0.1) is 5.92 Å². The second-order valence-corrected chi connectivity index (χ2v) is 13.7. The van der Waals surface area contributed by atoms with Crippen molar-refractivity contribution in [2.45, 2.75) is 71.2 Å². The fraction of sp³-hybridized carbons (Fsp3) is 0.586. The van der Waals surface area contributed by atoms with Crippen LogP contribution in [0.25, 0.3) is 0 Å². The highest BCUT2D eigenvalue weighted by Crippen LogP contribution is 2.38. The largest absolute Gasteiger partial charge is 0.339 e. The van der Waals surface area contributed by atoms with Gasteiger partial charge >= 0.3 is 0 Å². The van der Waals surface area contributed by atoms with Crippen LogP contribution in [0.5, 0.6) is 0 Å². The van der Waals surface area contributed by atoms with Gasteiger partial charge in [0.05, 0.1) is 10.5 Å². The molecule has 1 aromatic carbocycles. The summed E-state index contributed by atoms with van der Waals surface area (Å²) in [6.45, 7) is 13.4. The number of carbonyl (C=O) groups is 2. The molecule has 1 saturated heterocycles. The van der Waals surface area contributed by atoms with E-state index in [1.54, 1.807) is 12.1 Å². The first-order valence-electron chi connectivity index (χ1n) is 14.3. The van der Waals surface area contributed by atoms with Gasteiger partial charge in [-0.3, -0.25) is 14.5 Å². The Morgan fingerprint density at radius 3 is 2.26 bits per heavy atom. The topological polar surface area (TPSA) is 90.0 Å². The molecule has 2 amide bonds. The Morgan fingerprint density at radius 2 is 1.67 bits per heavy atom. The summed E-state index contributed by atoms with van der Waals surface area (Å²) in [6.07, 6.45) is 4.24. The normalized spacial score (nSPS) is 17.1. The molecule has 1 aromatic heterocycles. The van der Waals surface area contributed by atoms with E-state index in [2.05, 4.69) is 37.9 Å². The van der Waals surface area contributed by atoms with Crippen molar-refractivity contribution in [3.63, 3.8) is 0 Å². The highest BCUT2D eigenvalue weighted by molar-refractivity contribution is 7.89. The van der Waals surface area contributed by atoms with Crippen LogP contribution in [-0.4, -0.2) is 73.6 Å². The molecule has 0 saturated carbocycles. The van der Waals surface area contributed by atoms with Crippen molar-refractivity contribution in [1.82, 2.24) is 14.1 Å². The smallest absolute Gasteiger partial charge is 0.257 e. The van der Waals surface area contributed by atoms with Crippen LogP contribution in [0.4, 0.5) is 5.00 Å². The number of nitrogens with zero attached hydrogens (tertiary/aromatic N) is 3. The number of likely N-dealkylation sites (N-methyl/N-ethyl adjacent to an activating group) is 1. The zero-order chi connectivity index (χ0) is 28.2. The van der Waals surface area contributed by atoms with Gasteiger partial charge in [0.15, 0.2) is 0 Å². The van der Waals surface area contributed by atoms with E-state index < -0.39 is 10.0 Å². The van der Waals surface area contributed by atoms with Crippen molar-refractivity contribution in [2.24, 2.45) is 5.92 Å². The molecule has 10 heteroatoms. The Bertz CT molecular complexity index is 1260. The van der Waals surface area contributed by atoms with Crippen molar-refractivity contribution in [2.75, 3.05) is 44.6 Å². The Hall–Kier alpha value is -2.27. The predicted octanol–water partition coefficient (Wildman–Crippen LogP) is 5.06. The van der Waals surface area contributed by atoms with Gasteiger partial charge in [-0.25, -0.2) is 8.42 Å². The van der Waals surface area contributed by atoms with E-state index in [1.807, 2.05) is 4.90 Å². The molecule has 2 aliphatic rings. The second-order valence-electron chi connectivity index (χ2n) is 10.7. The van der Waals surface area contributed by atoms with Gasteiger partial charge < -0.3 is 10.2 Å². The highest BCUT2D eigenvalue weighted by atomic mass is 32.2. The minimum absolute atomic E-state index is 0.0197. The molecule has 3 heterocycles. The molecule has 2 aliphatic heterocycles. The van der Waals surface area contributed by atoms with Gasteiger partial charge in [-0.2, -0.15) is 4.31 Å². The maximum Gasteiger partial charge on any atom is 0.257 e. The molecule has 1 N–H and O–H groups in total. The van der Waals surface area contributed by atoms with Crippen molar-refractivity contribution < 1.29 is 18.0 Å². The van der Waals surface area contributed by atoms with Crippen LogP contribution in [0.15, 0.2) is 29.2 Å². The molecule has 4 rings (SSSR count). The van der Waals surface area contributed by atoms with Crippen LogP contribution in [0.1, 0.15) is 84.5 Å². The summed E-state index contributed by atoms with van der Waals surface area (Å²) in [4.78, 5) is 32.7. The molecule has 0 atom stereocenters. The third kappa shape index (κ3) is 6.56. The fourth-order valence-corrected chi connectivity index (χ4v) is 8.13. The first kappa shape index (κ1) is 29.7. The SMILES string of the molecule is CCCN(CCC)C(=O)c1c(NC(=O)c2ccc(S(=O)(=O)N3CCC(C)CC3)cc2)sc2c1CCN(CC)C2. The van der Waals surface area contributed by atoms with Crippen LogP contribution in [-0.2, 0) is 23.0 Å². The average Bonchev–Trinajstić information content (AvgIpc) is 3.29. The summed E-state index contributed by atoms with van der Waals surface area (Å²) in [5.74, 6) is 0.167. The standard InChI is InChI=1S/C29H42N4O4S2/c1-5-15-32(16-6-2)29(35)26-24-14-17-31(7-3)20-25(24)38-28(26)30-27(34)22-8-10-23(11-9-22)39(36,37)33-18-12-21(4)13-19-33/h8-11,21H,5-7,12-20H2,1-4H3,(H,30,34). The summed E-state index contributed by atoms with van der Waals surface area (Å²) in [5.41, 5.74) is 2.04. The second kappa shape index (κ2) is 12.9. The third-order valence-corrected chi connectivity index (χ3v) is 10.8. The molecule has 8 nitrogen and oxygen atoms in total. The van der Waals surface area contributed by atoms with Gasteiger partial charge in [-0.05, 0) is 74.4 Å². The number of amides is 2. The monoisotopic (exact) mass is 574 g/mol. The van der Waals surface area contributed by atoms with Gasteiger partial charge in [-0.15, -0.1) is 11.3 Å². The van der Waals surface area contributed by atoms with Crippen LogP contribution in [0.2, 0.25) is 0 Å². The van der Waals surface area contributed by atoms with Gasteiger partial charge in [0.2, 0.25) is 10.0 Å². The maximum absolute atomic E-state index is 13.8. The lowest BCUT2D eigenvalue weighted by atomic mass is 10.0. The van der Waals surface area contributed by atoms with Gasteiger partial charge in [0.25, 0.3) is 11.8 Å². The van der Waals surface area contributed by atoms with Crippen molar-refractivity contribution in [3.05, 3.63) is 45.8 Å². The molecule has 0 bridgehead atoms. The van der Waals surface area contributed by atoms with Crippen LogP contribution in [0.3, 0.4) is 0 Å². The highest BCUT2D eigenvalue weighted by Gasteiger charge is 2.31. The maximum atomic E-state index is 13.8. The molecule has 214 valence electrons. The van der Waals surface area contributed by atoms with Gasteiger partial charge in [0.1, 0.15) is 5.00 Å². The van der Waals surface area contributed by atoms with E-state index in [9.17, 15) is 18.0 Å². The van der Waals surface area contributed by atoms with E-state index >= 15 is 0 Å². The molecule has 0 unspecified atom stereocenters. The number of piperidine rings is 1. The van der Waals surface area contributed by atoms with Gasteiger partial charge in [-0.1, -0.05) is 27.7 Å². The molecule has 1 fully saturated rings. The minimum Gasteiger partial charge on any atom is -0.339 e. The summed E-state index contributed by atoms with van der Waals surface area (Å²) in [7, 11) is -3.59. The number of carbonyl (C=O) groups excluding carboxylic acids is 2. The Labute approximate surface area is 237 Å². The Kier molecular flexibility index (Phi) is 9.85. The molecule has 0 radical (unpaired) electrons. The predicted molar refractivity (Wildman–Crippen MR) is 157 cm³/mol. The van der Waals surface area contributed by atoms with Gasteiger partial charge in [0, 0.05) is 49.7 Å². The molecule has 0 aliphatic carbocycles. The molecular formula is C29H42N4O4S2. The third-order valence-electron chi connectivity index (χ3n) is 7.80. The average molecular weight is 575 g/mol. The van der Waals surface area contributed by atoms with Crippen molar-refractivity contribution in [1.29, 1.82) is 0 Å². The number of rotatable bonds is 10. The molecule has 0 spiro atoms. The van der Waals surface area contributed by atoms with E-state index in [4.69, 9.17) is 0 Å². The summed E-state index contributed by atoms with van der Waals surface area (Å²) in [6, 6.07) is 6.14. The molecule has 39 heavy (non-hydrogen) atoms. The van der Waals surface area contributed by atoms with E-state index in [0.717, 1.165) is 62.2 Å². The van der Waals surface area contributed by atoms with E-state index in [1.165, 1.54) is 27.8 Å². The number of hydrogen-bond donors (Lipinski definition) is 1. The number of anilines is 1. The zero-order valence-corrected chi connectivity index (χ0v) is 25.3. The van der Waals surface area contributed by atoms with Crippen LogP contribution >= 0.6 is 11.3 Å². The summed E-state index contributed by atoms with van der Waals surface area (Å²) in [5, 5.41) is 3.60. The Balaban J connectivity index is 1.58. The number of fused-ring (bicyclic) bond motifs is 1. The van der Waals surface area contributed by atoms with Crippen molar-refractivity contribution >= 4 is 38.2 Å². The number of hydrogen-bond acceptors (Lipinski definition) is 6. The number of sulfonamides is 1. The molecular weight excluding hydrogens is 532 g/mol. The van der Waals surface area contributed by atoms with Crippen molar-refractivity contribution in [3.8, 4) is 0 Å². The van der Waals surface area contributed by atoms with Crippen LogP contribution < -0.4 is 5.32 Å². The van der Waals surface area contributed by atoms with E-state index in [-0.39, 0.29) is 16.7 Å². The fourth-order valence-electron chi connectivity index (χ4n) is 5.38. The minimum atomic E-state index is -3.59. The first-order chi connectivity index (χ1) is 18.7. The lowest BCUT2D eigenvalue weighted by molar-refractivity contribution is 0.0755. The number of thiophene rings is 1. The first-order valence-corrected chi connectivity index (χ1v) is 16.5. The summed E-state index contributed by atoms with van der Waals surface area (Å²) >= 11 is 1.49. The Morgan fingerprint density at radius 1 is 1.03 bits per heavy atom.